The Kier molecular flexibility index (Phi) is 6.55. The molecule has 0 atom stereocenters. The van der Waals surface area contributed by atoms with Gasteiger partial charge in [-0.15, -0.1) is 0 Å². The van der Waals surface area contributed by atoms with E-state index in [-0.39, 0.29) is 11.8 Å². The molecule has 126 valence electrons. The Labute approximate surface area is 143 Å². The Hall–Kier alpha value is -2.62. The number of benzene rings is 2. The summed E-state index contributed by atoms with van der Waals surface area (Å²) in [6.45, 7) is 4.76. The van der Waals surface area contributed by atoms with Gasteiger partial charge in [0.05, 0.1) is 6.42 Å². The second-order valence-corrected chi connectivity index (χ2v) is 5.84. The van der Waals surface area contributed by atoms with Crippen LogP contribution in [0.3, 0.4) is 0 Å². The van der Waals surface area contributed by atoms with E-state index in [1.807, 2.05) is 31.2 Å². The first-order valence-electron chi connectivity index (χ1n) is 8.32. The van der Waals surface area contributed by atoms with Crippen molar-refractivity contribution in [3.8, 4) is 0 Å². The third-order valence-corrected chi connectivity index (χ3v) is 3.86. The quantitative estimate of drug-likeness (QED) is 0.763. The molecular formula is C20H24N2O2. The van der Waals surface area contributed by atoms with Gasteiger partial charge in [-0.2, -0.15) is 0 Å². The Morgan fingerprint density at radius 3 is 2.38 bits per heavy atom. The van der Waals surface area contributed by atoms with Crippen LogP contribution in [0.1, 0.15) is 41.3 Å². The molecule has 0 aliphatic carbocycles. The predicted octanol–water partition coefficient (Wildman–Crippen LogP) is 3.71. The zero-order valence-corrected chi connectivity index (χ0v) is 14.3. The van der Waals surface area contributed by atoms with Gasteiger partial charge in [0.2, 0.25) is 5.91 Å². The standard InChI is InChI=1S/C20H24N2O2/c1-3-4-13-21-20(24)16-9-11-18(12-10-16)22-19(23)14-17-8-6-5-7-15(17)2/h5-12H,3-4,13-14H2,1-2H3,(H,21,24)(H,22,23). The van der Waals surface area contributed by atoms with E-state index in [0.717, 1.165) is 24.0 Å². The number of carbonyl (C=O) groups is 2. The zero-order valence-electron chi connectivity index (χ0n) is 14.3. The van der Waals surface area contributed by atoms with E-state index in [4.69, 9.17) is 0 Å². The highest BCUT2D eigenvalue weighted by molar-refractivity contribution is 5.96. The van der Waals surface area contributed by atoms with Crippen molar-refractivity contribution in [1.82, 2.24) is 5.32 Å². The molecule has 0 heterocycles. The maximum atomic E-state index is 12.1. The molecule has 2 amide bonds. The fraction of sp³-hybridized carbons (Fsp3) is 0.300. The zero-order chi connectivity index (χ0) is 17.4. The van der Waals surface area contributed by atoms with Gasteiger partial charge in [-0.3, -0.25) is 9.59 Å². The minimum absolute atomic E-state index is 0.0653. The van der Waals surface area contributed by atoms with Gasteiger partial charge in [-0.1, -0.05) is 37.6 Å². The summed E-state index contributed by atoms with van der Waals surface area (Å²) in [7, 11) is 0. The van der Waals surface area contributed by atoms with Crippen LogP contribution in [0, 0.1) is 6.92 Å². The summed E-state index contributed by atoms with van der Waals surface area (Å²) in [5.74, 6) is -0.148. The van der Waals surface area contributed by atoms with E-state index in [0.29, 0.717) is 24.2 Å². The number of hydrogen-bond donors (Lipinski definition) is 2. The van der Waals surface area contributed by atoms with Crippen molar-refractivity contribution in [3.05, 3.63) is 65.2 Å². The predicted molar refractivity (Wildman–Crippen MR) is 97.2 cm³/mol. The molecule has 4 heteroatoms. The van der Waals surface area contributed by atoms with Crippen molar-refractivity contribution >= 4 is 17.5 Å². The molecule has 0 aromatic heterocycles. The summed E-state index contributed by atoms with van der Waals surface area (Å²) < 4.78 is 0. The van der Waals surface area contributed by atoms with E-state index in [9.17, 15) is 9.59 Å². The van der Waals surface area contributed by atoms with Crippen molar-refractivity contribution in [2.24, 2.45) is 0 Å². The maximum absolute atomic E-state index is 12.1. The SMILES string of the molecule is CCCCNC(=O)c1ccc(NC(=O)Cc2ccccc2C)cc1. The van der Waals surface area contributed by atoms with Crippen molar-refractivity contribution in [3.63, 3.8) is 0 Å². The Morgan fingerprint density at radius 2 is 1.71 bits per heavy atom. The smallest absolute Gasteiger partial charge is 0.251 e. The number of hydrogen-bond acceptors (Lipinski definition) is 2. The summed E-state index contributed by atoms with van der Waals surface area (Å²) in [5, 5.41) is 5.74. The summed E-state index contributed by atoms with van der Waals surface area (Å²) in [6.07, 6.45) is 2.36. The van der Waals surface area contributed by atoms with Crippen LogP contribution in [-0.2, 0) is 11.2 Å². The van der Waals surface area contributed by atoms with Crippen molar-refractivity contribution in [1.29, 1.82) is 0 Å². The topological polar surface area (TPSA) is 58.2 Å². The van der Waals surface area contributed by atoms with E-state index in [2.05, 4.69) is 17.6 Å². The average molecular weight is 324 g/mol. The molecule has 0 fully saturated rings. The highest BCUT2D eigenvalue weighted by Gasteiger charge is 2.08. The lowest BCUT2D eigenvalue weighted by atomic mass is 10.1. The lowest BCUT2D eigenvalue weighted by molar-refractivity contribution is -0.115. The average Bonchev–Trinajstić information content (AvgIpc) is 2.58. The molecular weight excluding hydrogens is 300 g/mol. The van der Waals surface area contributed by atoms with Crippen LogP contribution in [0.2, 0.25) is 0 Å². The van der Waals surface area contributed by atoms with Crippen molar-refractivity contribution < 1.29 is 9.59 Å². The number of rotatable bonds is 7. The van der Waals surface area contributed by atoms with E-state index in [1.54, 1.807) is 24.3 Å². The number of nitrogens with one attached hydrogen (secondary N) is 2. The third kappa shape index (κ3) is 5.23. The highest BCUT2D eigenvalue weighted by atomic mass is 16.2. The molecule has 2 aromatic carbocycles. The van der Waals surface area contributed by atoms with E-state index >= 15 is 0 Å². The first-order valence-corrected chi connectivity index (χ1v) is 8.32. The molecule has 0 saturated heterocycles. The molecule has 0 aliphatic rings. The number of aryl methyl sites for hydroxylation is 1. The van der Waals surface area contributed by atoms with Crippen LogP contribution in [0.5, 0.6) is 0 Å². The van der Waals surface area contributed by atoms with Crippen LogP contribution in [-0.4, -0.2) is 18.4 Å². The van der Waals surface area contributed by atoms with Crippen LogP contribution in [0.4, 0.5) is 5.69 Å². The first kappa shape index (κ1) is 17.7. The fourth-order valence-electron chi connectivity index (χ4n) is 2.37. The molecule has 2 N–H and O–H groups in total. The normalized spacial score (nSPS) is 10.2. The summed E-state index contributed by atoms with van der Waals surface area (Å²) in [5.41, 5.74) is 3.41. The molecule has 2 aromatic rings. The van der Waals surface area contributed by atoms with Gasteiger partial charge in [-0.05, 0) is 48.7 Å². The van der Waals surface area contributed by atoms with Gasteiger partial charge in [-0.25, -0.2) is 0 Å². The van der Waals surface area contributed by atoms with Crippen LogP contribution < -0.4 is 10.6 Å². The summed E-state index contributed by atoms with van der Waals surface area (Å²) >= 11 is 0. The van der Waals surface area contributed by atoms with Gasteiger partial charge in [0.1, 0.15) is 0 Å². The molecule has 2 rings (SSSR count). The minimum Gasteiger partial charge on any atom is -0.352 e. The highest BCUT2D eigenvalue weighted by Crippen LogP contribution is 2.12. The van der Waals surface area contributed by atoms with Gasteiger partial charge in [0.25, 0.3) is 5.91 Å². The molecule has 0 saturated carbocycles. The first-order chi connectivity index (χ1) is 11.6. The largest absolute Gasteiger partial charge is 0.352 e. The van der Waals surface area contributed by atoms with Gasteiger partial charge < -0.3 is 10.6 Å². The number of unbranched alkanes of at least 4 members (excludes halogenated alkanes) is 1. The van der Waals surface area contributed by atoms with Crippen LogP contribution >= 0.6 is 0 Å². The second kappa shape index (κ2) is 8.87. The summed E-state index contributed by atoms with van der Waals surface area (Å²) in [4.78, 5) is 24.1. The van der Waals surface area contributed by atoms with Crippen molar-refractivity contribution in [2.45, 2.75) is 33.1 Å². The van der Waals surface area contributed by atoms with Gasteiger partial charge >= 0.3 is 0 Å². The van der Waals surface area contributed by atoms with E-state index < -0.39 is 0 Å². The lowest BCUT2D eigenvalue weighted by Crippen LogP contribution is -2.24. The Balaban J connectivity index is 1.90. The number of carbonyl (C=O) groups excluding carboxylic acids is 2. The molecule has 0 bridgehead atoms. The van der Waals surface area contributed by atoms with Crippen molar-refractivity contribution in [2.75, 3.05) is 11.9 Å². The minimum atomic E-state index is -0.0822. The Bertz CT molecular complexity index is 693. The van der Waals surface area contributed by atoms with Crippen LogP contribution in [0.25, 0.3) is 0 Å². The molecule has 0 radical (unpaired) electrons. The molecule has 0 spiro atoms. The molecule has 0 aliphatic heterocycles. The molecule has 24 heavy (non-hydrogen) atoms. The lowest BCUT2D eigenvalue weighted by Gasteiger charge is -2.08. The number of anilines is 1. The fourth-order valence-corrected chi connectivity index (χ4v) is 2.37. The third-order valence-electron chi connectivity index (χ3n) is 3.86. The van der Waals surface area contributed by atoms with Gasteiger partial charge in [0, 0.05) is 17.8 Å². The molecule has 4 nitrogen and oxygen atoms in total. The second-order valence-electron chi connectivity index (χ2n) is 5.84. The molecule has 0 unspecified atom stereocenters. The maximum Gasteiger partial charge on any atom is 0.251 e. The monoisotopic (exact) mass is 324 g/mol. The number of amides is 2. The Morgan fingerprint density at radius 1 is 1.00 bits per heavy atom. The van der Waals surface area contributed by atoms with E-state index in [1.165, 1.54) is 0 Å². The van der Waals surface area contributed by atoms with Crippen LogP contribution in [0.15, 0.2) is 48.5 Å². The van der Waals surface area contributed by atoms with Gasteiger partial charge in [0.15, 0.2) is 0 Å². The summed E-state index contributed by atoms with van der Waals surface area (Å²) in [6, 6.07) is 14.8.